The molecule has 45 heavy (non-hydrogen) atoms. The Kier molecular flexibility index (Phi) is 11.0. The van der Waals surface area contributed by atoms with Crippen molar-refractivity contribution in [2.45, 2.75) is 70.7 Å². The molecule has 5 rings (SSSR count). The number of nitrogens with zero attached hydrogens (tertiary/aromatic N) is 2. The molecular weight excluding hydrogens is 568 g/mol. The van der Waals surface area contributed by atoms with Gasteiger partial charge in [-0.1, -0.05) is 62.6 Å². The molecule has 0 bridgehead atoms. The van der Waals surface area contributed by atoms with E-state index in [9.17, 15) is 14.7 Å². The van der Waals surface area contributed by atoms with Crippen LogP contribution in [-0.2, 0) is 6.54 Å². The highest BCUT2D eigenvalue weighted by Crippen LogP contribution is 2.35. The first kappa shape index (κ1) is 32.3. The van der Waals surface area contributed by atoms with Gasteiger partial charge in [0.2, 0.25) is 0 Å². The fourth-order valence-electron chi connectivity index (χ4n) is 6.12. The van der Waals surface area contributed by atoms with Crippen molar-refractivity contribution >= 4 is 17.6 Å². The lowest BCUT2D eigenvalue weighted by molar-refractivity contribution is 0.0343. The Labute approximate surface area is 266 Å². The van der Waals surface area contributed by atoms with Crippen molar-refractivity contribution in [2.24, 2.45) is 5.92 Å². The maximum atomic E-state index is 13.8. The zero-order valence-electron chi connectivity index (χ0n) is 26.6. The molecule has 9 nitrogen and oxygen atoms in total. The summed E-state index contributed by atoms with van der Waals surface area (Å²) < 4.78 is 12.6. The van der Waals surface area contributed by atoms with Crippen LogP contribution in [0.3, 0.4) is 0 Å². The summed E-state index contributed by atoms with van der Waals surface area (Å²) >= 11 is 0. The highest BCUT2D eigenvalue weighted by molar-refractivity contribution is 6.01. The van der Waals surface area contributed by atoms with Crippen molar-refractivity contribution in [2.75, 3.05) is 32.1 Å². The minimum atomic E-state index is -0.368. The fourth-order valence-corrected chi connectivity index (χ4v) is 6.12. The molecule has 3 amide bonds. The largest absolute Gasteiger partial charge is 0.486 e. The third kappa shape index (κ3) is 8.55. The maximum absolute atomic E-state index is 13.8. The molecule has 1 saturated carbocycles. The zero-order chi connectivity index (χ0) is 31.8. The van der Waals surface area contributed by atoms with Gasteiger partial charge in [-0.05, 0) is 68.8 Å². The third-order valence-corrected chi connectivity index (χ3v) is 8.73. The summed E-state index contributed by atoms with van der Waals surface area (Å²) in [5.74, 6) is 1.66. The van der Waals surface area contributed by atoms with E-state index >= 15 is 0 Å². The van der Waals surface area contributed by atoms with Crippen LogP contribution in [0.25, 0.3) is 0 Å². The minimum absolute atomic E-state index is 0.0516. The topological polar surface area (TPSA) is 103 Å². The van der Waals surface area contributed by atoms with Crippen LogP contribution >= 0.6 is 0 Å². The lowest BCUT2D eigenvalue weighted by Crippen LogP contribution is -2.50. The zero-order valence-corrected chi connectivity index (χ0v) is 26.6. The number of aliphatic hydroxyl groups excluding tert-OH is 1. The number of nitrogens with one attached hydrogen (secondary N) is 2. The number of hydrogen-bond donors (Lipinski definition) is 3. The van der Waals surface area contributed by atoms with Gasteiger partial charge in [-0.3, -0.25) is 9.69 Å². The van der Waals surface area contributed by atoms with Gasteiger partial charge in [-0.25, -0.2) is 4.79 Å². The Morgan fingerprint density at radius 1 is 1.02 bits per heavy atom. The number of carbonyl (C=O) groups is 2. The summed E-state index contributed by atoms with van der Waals surface area (Å²) in [5.41, 5.74) is 1.96. The lowest BCUT2D eigenvalue weighted by Gasteiger charge is -2.38. The third-order valence-electron chi connectivity index (χ3n) is 8.73. The number of ether oxygens (including phenoxy) is 2. The first-order chi connectivity index (χ1) is 21.8. The van der Waals surface area contributed by atoms with Crippen molar-refractivity contribution in [3.63, 3.8) is 0 Å². The highest BCUT2D eigenvalue weighted by Gasteiger charge is 2.34. The molecule has 1 fully saturated rings. The van der Waals surface area contributed by atoms with Crippen LogP contribution in [0.5, 0.6) is 17.2 Å². The van der Waals surface area contributed by atoms with Crippen LogP contribution < -0.4 is 20.1 Å². The SMILES string of the molecule is C[C@@H]1CN([C@H](C)CO)C(=O)c2cccc(NC(=O)NC3CCCCC3)c2O[C@H]1CN(C)Cc1ccc(Oc2ccccc2)cc1. The van der Waals surface area contributed by atoms with E-state index < -0.39 is 0 Å². The lowest BCUT2D eigenvalue weighted by atomic mass is 9.96. The van der Waals surface area contributed by atoms with Crippen LogP contribution in [-0.4, -0.2) is 71.8 Å². The average molecular weight is 615 g/mol. The number of hydrogen-bond acceptors (Lipinski definition) is 6. The van der Waals surface area contributed by atoms with Crippen LogP contribution in [0, 0.1) is 5.92 Å². The monoisotopic (exact) mass is 614 g/mol. The normalized spacial score (nSPS) is 19.6. The quantitative estimate of drug-likeness (QED) is 0.248. The molecule has 1 aliphatic heterocycles. The Balaban J connectivity index is 1.32. The molecule has 0 saturated heterocycles. The van der Waals surface area contributed by atoms with Crippen LogP contribution in [0.2, 0.25) is 0 Å². The summed E-state index contributed by atoms with van der Waals surface area (Å²) in [6, 6.07) is 22.5. The van der Waals surface area contributed by atoms with E-state index in [-0.39, 0.29) is 42.7 Å². The van der Waals surface area contributed by atoms with Crippen LogP contribution in [0.4, 0.5) is 10.5 Å². The highest BCUT2D eigenvalue weighted by atomic mass is 16.5. The number of fused-ring (bicyclic) bond motifs is 1. The van der Waals surface area contributed by atoms with Crippen molar-refractivity contribution in [3.05, 3.63) is 83.9 Å². The molecule has 3 aromatic rings. The maximum Gasteiger partial charge on any atom is 0.319 e. The molecule has 0 aromatic heterocycles. The second kappa shape index (κ2) is 15.3. The van der Waals surface area contributed by atoms with Crippen molar-refractivity contribution in [1.29, 1.82) is 0 Å². The van der Waals surface area contributed by atoms with E-state index in [0.717, 1.165) is 42.7 Å². The number of carbonyl (C=O) groups excluding carboxylic acids is 2. The van der Waals surface area contributed by atoms with E-state index in [2.05, 4.69) is 34.6 Å². The number of amides is 3. The van der Waals surface area contributed by atoms with Gasteiger partial charge in [0.15, 0.2) is 5.75 Å². The smallest absolute Gasteiger partial charge is 0.319 e. The molecule has 3 aromatic carbocycles. The Morgan fingerprint density at radius 2 is 1.73 bits per heavy atom. The number of anilines is 1. The first-order valence-electron chi connectivity index (χ1n) is 16.1. The first-order valence-corrected chi connectivity index (χ1v) is 16.1. The van der Waals surface area contributed by atoms with Crippen LogP contribution in [0.1, 0.15) is 61.9 Å². The average Bonchev–Trinajstić information content (AvgIpc) is 3.04. The van der Waals surface area contributed by atoms with E-state index in [1.807, 2.05) is 56.4 Å². The van der Waals surface area contributed by atoms with Gasteiger partial charge >= 0.3 is 6.03 Å². The predicted octanol–water partition coefficient (Wildman–Crippen LogP) is 6.29. The Hall–Kier alpha value is -4.08. The Morgan fingerprint density at radius 3 is 2.44 bits per heavy atom. The number of para-hydroxylation sites is 2. The van der Waals surface area contributed by atoms with Gasteiger partial charge in [0.25, 0.3) is 5.91 Å². The van der Waals surface area contributed by atoms with Gasteiger partial charge in [0.05, 0.1) is 23.9 Å². The molecule has 1 aliphatic carbocycles. The number of likely N-dealkylation sites (N-methyl/N-ethyl adjacent to an activating group) is 1. The van der Waals surface area contributed by atoms with Gasteiger partial charge < -0.3 is 30.1 Å². The summed E-state index contributed by atoms with van der Waals surface area (Å²) in [6.45, 7) is 5.47. The Bertz CT molecular complexity index is 1410. The second-order valence-corrected chi connectivity index (χ2v) is 12.5. The standard InChI is InChI=1S/C36H46N4O5/c1-25-21-40(26(2)24-41)35(42)31-15-10-16-32(38-36(43)37-28-11-6-4-7-12-28)34(31)45-33(25)23-39(3)22-27-17-19-30(20-18-27)44-29-13-8-5-9-14-29/h5,8-10,13-20,25-26,28,33,41H,4,6-7,11-12,21-24H2,1-3H3,(H2,37,38,43)/t25-,26-,33+/m1/s1. The molecule has 0 spiro atoms. The van der Waals surface area contributed by atoms with E-state index in [1.54, 1.807) is 23.1 Å². The molecule has 1 heterocycles. The van der Waals surface area contributed by atoms with Gasteiger partial charge in [0, 0.05) is 31.6 Å². The van der Waals surface area contributed by atoms with Gasteiger partial charge in [-0.15, -0.1) is 0 Å². The fraction of sp³-hybridized carbons (Fsp3) is 0.444. The summed E-state index contributed by atoms with van der Waals surface area (Å²) in [6.07, 6.45) is 5.07. The number of urea groups is 1. The molecule has 240 valence electrons. The molecule has 9 heteroatoms. The van der Waals surface area contributed by atoms with Crippen LogP contribution in [0.15, 0.2) is 72.8 Å². The number of benzene rings is 3. The molecular formula is C36H46N4O5. The summed E-state index contributed by atoms with van der Waals surface area (Å²) in [4.78, 5) is 30.8. The molecule has 3 atom stereocenters. The molecule has 0 unspecified atom stereocenters. The minimum Gasteiger partial charge on any atom is -0.486 e. The van der Waals surface area contributed by atoms with Crippen molar-refractivity contribution in [3.8, 4) is 17.2 Å². The van der Waals surface area contributed by atoms with E-state index in [1.165, 1.54) is 6.42 Å². The molecule has 2 aliphatic rings. The predicted molar refractivity (Wildman–Crippen MR) is 176 cm³/mol. The van der Waals surface area contributed by atoms with E-state index in [0.29, 0.717) is 36.6 Å². The van der Waals surface area contributed by atoms with Gasteiger partial charge in [-0.2, -0.15) is 0 Å². The number of aliphatic hydroxyl groups is 1. The van der Waals surface area contributed by atoms with E-state index in [4.69, 9.17) is 9.47 Å². The second-order valence-electron chi connectivity index (χ2n) is 12.5. The van der Waals surface area contributed by atoms with Crippen molar-refractivity contribution < 1.29 is 24.2 Å². The molecule has 3 N–H and O–H groups in total. The summed E-state index contributed by atoms with van der Waals surface area (Å²) in [7, 11) is 2.05. The van der Waals surface area contributed by atoms with Gasteiger partial charge in [0.1, 0.15) is 17.6 Å². The molecule has 0 radical (unpaired) electrons. The number of rotatable bonds is 10. The summed E-state index contributed by atoms with van der Waals surface area (Å²) in [5, 5.41) is 16.1. The van der Waals surface area contributed by atoms with Crippen molar-refractivity contribution in [1.82, 2.24) is 15.1 Å².